The van der Waals surface area contributed by atoms with E-state index in [9.17, 15) is 0 Å². The van der Waals surface area contributed by atoms with Gasteiger partial charge in [0.15, 0.2) is 0 Å². The number of hydrogen-bond donors (Lipinski definition) is 1. The number of nitrogens with zero attached hydrogens (tertiary/aromatic N) is 3. The number of imidazole rings is 1. The van der Waals surface area contributed by atoms with Crippen LogP contribution in [-0.2, 0) is 6.42 Å². The third-order valence-electron chi connectivity index (χ3n) is 4.32. The van der Waals surface area contributed by atoms with Gasteiger partial charge in [0.05, 0.1) is 11.7 Å². The molecule has 2 aromatic heterocycles. The van der Waals surface area contributed by atoms with Crippen molar-refractivity contribution in [1.29, 1.82) is 0 Å². The topological polar surface area (TPSA) is 56.7 Å². The summed E-state index contributed by atoms with van der Waals surface area (Å²) in [5.41, 5.74) is 8.27. The number of rotatable bonds is 6. The van der Waals surface area contributed by atoms with Gasteiger partial charge in [-0.3, -0.25) is 4.98 Å². The van der Waals surface area contributed by atoms with Crippen molar-refractivity contribution in [2.45, 2.75) is 52.0 Å². The molecule has 2 N–H and O–H groups in total. The number of aromatic nitrogens is 3. The van der Waals surface area contributed by atoms with Gasteiger partial charge < -0.3 is 10.3 Å². The average Bonchev–Trinajstić information content (AvgIpc) is 3.17. The molecule has 108 valence electrons. The van der Waals surface area contributed by atoms with Crippen molar-refractivity contribution in [3.63, 3.8) is 0 Å². The van der Waals surface area contributed by atoms with Crippen LogP contribution in [0.15, 0.2) is 18.5 Å². The molecule has 2 aromatic rings. The monoisotopic (exact) mass is 272 g/mol. The second kappa shape index (κ2) is 5.17. The van der Waals surface area contributed by atoms with Crippen LogP contribution in [0.5, 0.6) is 0 Å². The van der Waals surface area contributed by atoms with Gasteiger partial charge in [-0.25, -0.2) is 4.98 Å². The van der Waals surface area contributed by atoms with Crippen LogP contribution in [0.25, 0.3) is 11.0 Å². The van der Waals surface area contributed by atoms with Gasteiger partial charge >= 0.3 is 0 Å². The van der Waals surface area contributed by atoms with Gasteiger partial charge in [-0.2, -0.15) is 0 Å². The molecule has 0 unspecified atom stereocenters. The molecule has 3 rings (SSSR count). The number of hydrogen-bond acceptors (Lipinski definition) is 3. The van der Waals surface area contributed by atoms with Crippen molar-refractivity contribution in [3.05, 3.63) is 24.3 Å². The molecule has 20 heavy (non-hydrogen) atoms. The quantitative estimate of drug-likeness (QED) is 0.879. The first-order valence-electron chi connectivity index (χ1n) is 7.62. The second-order valence-corrected chi connectivity index (χ2v) is 6.70. The van der Waals surface area contributed by atoms with Crippen molar-refractivity contribution in [2.24, 2.45) is 11.1 Å². The second-order valence-electron chi connectivity index (χ2n) is 6.70. The van der Waals surface area contributed by atoms with E-state index in [1.54, 1.807) is 0 Å². The van der Waals surface area contributed by atoms with Crippen LogP contribution in [0.2, 0.25) is 0 Å². The van der Waals surface area contributed by atoms with Crippen LogP contribution < -0.4 is 5.73 Å². The molecule has 0 aromatic carbocycles. The Bertz CT molecular complexity index is 596. The maximum Gasteiger partial charge on any atom is 0.110 e. The summed E-state index contributed by atoms with van der Waals surface area (Å²) in [7, 11) is 0. The first-order chi connectivity index (χ1) is 9.61. The Balaban J connectivity index is 1.85. The van der Waals surface area contributed by atoms with E-state index in [1.165, 1.54) is 24.2 Å². The van der Waals surface area contributed by atoms with Crippen molar-refractivity contribution in [2.75, 3.05) is 6.54 Å². The molecule has 1 aliphatic carbocycles. The fourth-order valence-corrected chi connectivity index (χ4v) is 2.88. The number of nitrogens with two attached hydrogens (primary N) is 1. The van der Waals surface area contributed by atoms with Gasteiger partial charge in [0.1, 0.15) is 11.3 Å². The van der Waals surface area contributed by atoms with E-state index < -0.39 is 0 Å². The molecule has 2 heterocycles. The molecule has 0 amide bonds. The lowest BCUT2D eigenvalue weighted by molar-refractivity contribution is 0.309. The smallest absolute Gasteiger partial charge is 0.110 e. The Morgan fingerprint density at radius 1 is 1.35 bits per heavy atom. The first kappa shape index (κ1) is 13.6. The predicted molar refractivity (Wildman–Crippen MR) is 81.6 cm³/mol. The summed E-state index contributed by atoms with van der Waals surface area (Å²) in [5.74, 6) is 1.22. The standard InChI is InChI=1S/C16H24N4/c1-16(2,8-9-17)7-5-15-19-13-11-18-10-6-14(13)20(15)12-3-4-12/h6,10-12H,3-5,7-9,17H2,1-2H3. The number of fused-ring (bicyclic) bond motifs is 1. The molecular formula is C16H24N4. The molecule has 1 saturated carbocycles. The lowest BCUT2D eigenvalue weighted by atomic mass is 9.84. The minimum atomic E-state index is 0.291. The highest BCUT2D eigenvalue weighted by Crippen LogP contribution is 2.39. The Labute approximate surface area is 120 Å². The van der Waals surface area contributed by atoms with Crippen molar-refractivity contribution in [1.82, 2.24) is 14.5 Å². The van der Waals surface area contributed by atoms with E-state index in [0.717, 1.165) is 31.3 Å². The summed E-state index contributed by atoms with van der Waals surface area (Å²) in [6, 6.07) is 2.75. The molecular weight excluding hydrogens is 248 g/mol. The summed E-state index contributed by atoms with van der Waals surface area (Å²) in [4.78, 5) is 9.00. The SMILES string of the molecule is CC(C)(CCN)CCc1nc2cnccc2n1C1CC1. The first-order valence-corrected chi connectivity index (χ1v) is 7.62. The van der Waals surface area contributed by atoms with E-state index in [1.807, 2.05) is 12.4 Å². The van der Waals surface area contributed by atoms with Crippen LogP contribution in [0.4, 0.5) is 0 Å². The third-order valence-corrected chi connectivity index (χ3v) is 4.32. The summed E-state index contributed by atoms with van der Waals surface area (Å²) in [6.45, 7) is 5.35. The Kier molecular flexibility index (Phi) is 3.50. The molecule has 1 aliphatic rings. The highest BCUT2D eigenvalue weighted by Gasteiger charge is 2.28. The molecule has 0 spiro atoms. The molecule has 0 saturated heterocycles. The van der Waals surface area contributed by atoms with Gasteiger partial charge in [-0.1, -0.05) is 13.8 Å². The van der Waals surface area contributed by atoms with Gasteiger partial charge in [0.25, 0.3) is 0 Å². The lowest BCUT2D eigenvalue weighted by Crippen LogP contribution is -2.18. The van der Waals surface area contributed by atoms with E-state index in [-0.39, 0.29) is 0 Å². The molecule has 0 bridgehead atoms. The summed E-state index contributed by atoms with van der Waals surface area (Å²) >= 11 is 0. The fraction of sp³-hybridized carbons (Fsp3) is 0.625. The number of aryl methyl sites for hydroxylation is 1. The molecule has 4 heteroatoms. The number of pyridine rings is 1. The van der Waals surface area contributed by atoms with Crippen molar-refractivity contribution < 1.29 is 0 Å². The molecule has 0 radical (unpaired) electrons. The Hall–Kier alpha value is -1.42. The maximum absolute atomic E-state index is 5.70. The average molecular weight is 272 g/mol. The van der Waals surface area contributed by atoms with Crippen molar-refractivity contribution in [3.8, 4) is 0 Å². The molecule has 4 nitrogen and oxygen atoms in total. The Morgan fingerprint density at radius 2 is 2.15 bits per heavy atom. The lowest BCUT2D eigenvalue weighted by Gasteiger charge is -2.23. The van der Waals surface area contributed by atoms with E-state index in [2.05, 4.69) is 29.5 Å². The van der Waals surface area contributed by atoms with E-state index in [4.69, 9.17) is 10.7 Å². The van der Waals surface area contributed by atoms with Crippen LogP contribution in [-0.4, -0.2) is 21.1 Å². The summed E-state index contributed by atoms with van der Waals surface area (Å²) in [5, 5.41) is 0. The van der Waals surface area contributed by atoms with Gasteiger partial charge in [0.2, 0.25) is 0 Å². The zero-order valence-electron chi connectivity index (χ0n) is 12.5. The summed E-state index contributed by atoms with van der Waals surface area (Å²) < 4.78 is 2.44. The van der Waals surface area contributed by atoms with Crippen LogP contribution in [0.1, 0.15) is 51.4 Å². The van der Waals surface area contributed by atoms with Gasteiger partial charge in [0, 0.05) is 18.7 Å². The van der Waals surface area contributed by atoms with Gasteiger partial charge in [-0.05, 0) is 43.7 Å². The van der Waals surface area contributed by atoms with E-state index in [0.29, 0.717) is 11.5 Å². The minimum Gasteiger partial charge on any atom is -0.330 e. The van der Waals surface area contributed by atoms with Crippen LogP contribution in [0, 0.1) is 5.41 Å². The van der Waals surface area contributed by atoms with Crippen LogP contribution >= 0.6 is 0 Å². The summed E-state index contributed by atoms with van der Waals surface area (Å²) in [6.07, 6.45) is 9.54. The molecule has 0 atom stereocenters. The third kappa shape index (κ3) is 2.70. The fourth-order valence-electron chi connectivity index (χ4n) is 2.88. The molecule has 0 aliphatic heterocycles. The highest BCUT2D eigenvalue weighted by molar-refractivity contribution is 5.75. The van der Waals surface area contributed by atoms with Gasteiger partial charge in [-0.15, -0.1) is 0 Å². The highest BCUT2D eigenvalue weighted by atomic mass is 15.1. The maximum atomic E-state index is 5.70. The van der Waals surface area contributed by atoms with E-state index >= 15 is 0 Å². The van der Waals surface area contributed by atoms with Crippen LogP contribution in [0.3, 0.4) is 0 Å². The molecule has 1 fully saturated rings. The van der Waals surface area contributed by atoms with Crippen molar-refractivity contribution >= 4 is 11.0 Å². The Morgan fingerprint density at radius 3 is 2.85 bits per heavy atom. The predicted octanol–water partition coefficient (Wildman–Crippen LogP) is 3.07. The largest absolute Gasteiger partial charge is 0.330 e. The minimum absolute atomic E-state index is 0.291. The zero-order valence-corrected chi connectivity index (χ0v) is 12.5. The normalized spacial score (nSPS) is 15.9. The zero-order chi connectivity index (χ0) is 14.2.